The Balaban J connectivity index is 2.26. The van der Waals surface area contributed by atoms with E-state index in [1.807, 2.05) is 12.1 Å². The number of carbonyl (C=O) groups is 2. The topological polar surface area (TPSA) is 58.2 Å². The van der Waals surface area contributed by atoms with E-state index in [0.717, 1.165) is 24.9 Å². The minimum atomic E-state index is -0.00329. The van der Waals surface area contributed by atoms with Crippen molar-refractivity contribution in [2.75, 3.05) is 11.9 Å². The third-order valence-electron chi connectivity index (χ3n) is 3.49. The minimum Gasteiger partial charge on any atom is -0.356 e. The first-order valence-corrected chi connectivity index (χ1v) is 7.94. The zero-order valence-corrected chi connectivity index (χ0v) is 14.2. The standard InChI is InChI=1S/C18H28N2O2/c1-14(21)19-13-7-5-6-8-17(22)20-16-11-9-15(10-12-16)18(2,3)4/h9-12H,5-8,13H2,1-4H3,(H,19,21)(H,20,22). The Morgan fingerprint density at radius 1 is 1.00 bits per heavy atom. The first-order chi connectivity index (χ1) is 10.3. The number of anilines is 1. The molecule has 4 nitrogen and oxygen atoms in total. The van der Waals surface area contributed by atoms with Gasteiger partial charge in [-0.25, -0.2) is 0 Å². The van der Waals surface area contributed by atoms with Crippen LogP contribution in [0, 0.1) is 0 Å². The zero-order chi connectivity index (χ0) is 16.6. The average molecular weight is 304 g/mol. The second-order valence-corrected chi connectivity index (χ2v) is 6.67. The van der Waals surface area contributed by atoms with Gasteiger partial charge in [-0.1, -0.05) is 39.3 Å². The van der Waals surface area contributed by atoms with Crippen molar-refractivity contribution in [2.24, 2.45) is 0 Å². The van der Waals surface area contributed by atoms with Crippen LogP contribution in [0.25, 0.3) is 0 Å². The van der Waals surface area contributed by atoms with E-state index in [1.165, 1.54) is 12.5 Å². The molecule has 0 heterocycles. The lowest BCUT2D eigenvalue weighted by Crippen LogP contribution is -2.20. The first-order valence-electron chi connectivity index (χ1n) is 7.94. The van der Waals surface area contributed by atoms with Gasteiger partial charge in [-0.05, 0) is 36.0 Å². The molecule has 0 aromatic heterocycles. The van der Waals surface area contributed by atoms with Crippen molar-refractivity contribution in [3.05, 3.63) is 29.8 Å². The van der Waals surface area contributed by atoms with Gasteiger partial charge in [-0.2, -0.15) is 0 Å². The molecule has 4 heteroatoms. The third-order valence-corrected chi connectivity index (χ3v) is 3.49. The summed E-state index contributed by atoms with van der Waals surface area (Å²) in [5.74, 6) is 0.0412. The molecule has 1 rings (SSSR count). The molecule has 1 aromatic rings. The summed E-state index contributed by atoms with van der Waals surface area (Å²) in [6, 6.07) is 8.02. The molecule has 0 atom stereocenters. The molecular formula is C18H28N2O2. The smallest absolute Gasteiger partial charge is 0.224 e. The fraction of sp³-hybridized carbons (Fsp3) is 0.556. The van der Waals surface area contributed by atoms with Crippen LogP contribution in [0.1, 0.15) is 58.9 Å². The number of rotatable bonds is 7. The number of unbranched alkanes of at least 4 members (excludes halogenated alkanes) is 2. The molecule has 0 aliphatic rings. The third kappa shape index (κ3) is 7.25. The molecule has 2 N–H and O–H groups in total. The molecule has 0 radical (unpaired) electrons. The van der Waals surface area contributed by atoms with E-state index in [-0.39, 0.29) is 17.2 Å². The van der Waals surface area contributed by atoms with Crippen molar-refractivity contribution in [2.45, 2.75) is 58.8 Å². The first kappa shape index (κ1) is 18.2. The Bertz CT molecular complexity index is 487. The maximum Gasteiger partial charge on any atom is 0.224 e. The summed E-state index contributed by atoms with van der Waals surface area (Å²) < 4.78 is 0. The van der Waals surface area contributed by atoms with Crippen LogP contribution >= 0.6 is 0 Å². The Kier molecular flexibility index (Phi) is 7.09. The number of hydrogen-bond acceptors (Lipinski definition) is 2. The SMILES string of the molecule is CC(=O)NCCCCCC(=O)Nc1ccc(C(C)(C)C)cc1. The maximum atomic E-state index is 11.9. The van der Waals surface area contributed by atoms with Crippen molar-refractivity contribution in [1.82, 2.24) is 5.32 Å². The molecule has 0 aliphatic carbocycles. The fourth-order valence-corrected chi connectivity index (χ4v) is 2.13. The van der Waals surface area contributed by atoms with Crippen LogP contribution < -0.4 is 10.6 Å². The van der Waals surface area contributed by atoms with E-state index >= 15 is 0 Å². The number of carbonyl (C=O) groups excluding carboxylic acids is 2. The summed E-state index contributed by atoms with van der Waals surface area (Å²) in [5, 5.41) is 5.67. The summed E-state index contributed by atoms with van der Waals surface area (Å²) in [6.07, 6.45) is 3.20. The molecule has 2 amide bonds. The fourth-order valence-electron chi connectivity index (χ4n) is 2.13. The minimum absolute atomic E-state index is 0.00329. The van der Waals surface area contributed by atoms with E-state index in [2.05, 4.69) is 43.5 Å². The van der Waals surface area contributed by atoms with Crippen LogP contribution in [-0.2, 0) is 15.0 Å². The molecular weight excluding hydrogens is 276 g/mol. The average Bonchev–Trinajstić information content (AvgIpc) is 2.42. The van der Waals surface area contributed by atoms with Crippen molar-refractivity contribution in [3.63, 3.8) is 0 Å². The summed E-state index contributed by atoms with van der Waals surface area (Å²) in [4.78, 5) is 22.6. The van der Waals surface area contributed by atoms with Crippen LogP contribution in [0.4, 0.5) is 5.69 Å². The lowest BCUT2D eigenvalue weighted by molar-refractivity contribution is -0.119. The molecule has 22 heavy (non-hydrogen) atoms. The van der Waals surface area contributed by atoms with Crippen molar-refractivity contribution >= 4 is 17.5 Å². The predicted octanol–water partition coefficient (Wildman–Crippen LogP) is 3.62. The molecule has 0 spiro atoms. The number of benzene rings is 1. The maximum absolute atomic E-state index is 11.9. The molecule has 0 aliphatic heterocycles. The monoisotopic (exact) mass is 304 g/mol. The quantitative estimate of drug-likeness (QED) is 0.756. The lowest BCUT2D eigenvalue weighted by atomic mass is 9.87. The van der Waals surface area contributed by atoms with Gasteiger partial charge in [0.05, 0.1) is 0 Å². The van der Waals surface area contributed by atoms with Crippen molar-refractivity contribution in [1.29, 1.82) is 0 Å². The van der Waals surface area contributed by atoms with E-state index in [9.17, 15) is 9.59 Å². The number of amides is 2. The number of nitrogens with one attached hydrogen (secondary N) is 2. The van der Waals surface area contributed by atoms with Gasteiger partial charge in [0.1, 0.15) is 0 Å². The second kappa shape index (κ2) is 8.57. The van der Waals surface area contributed by atoms with Gasteiger partial charge in [0.15, 0.2) is 0 Å². The van der Waals surface area contributed by atoms with Gasteiger partial charge < -0.3 is 10.6 Å². The van der Waals surface area contributed by atoms with E-state index < -0.39 is 0 Å². The van der Waals surface area contributed by atoms with Crippen molar-refractivity contribution in [3.8, 4) is 0 Å². The lowest BCUT2D eigenvalue weighted by Gasteiger charge is -2.19. The Morgan fingerprint density at radius 2 is 1.64 bits per heavy atom. The molecule has 122 valence electrons. The Morgan fingerprint density at radius 3 is 2.18 bits per heavy atom. The summed E-state index contributed by atoms with van der Waals surface area (Å²) in [6.45, 7) is 8.70. The molecule has 0 unspecified atom stereocenters. The normalized spacial score (nSPS) is 11.1. The van der Waals surface area contributed by atoms with Crippen LogP contribution in [0.2, 0.25) is 0 Å². The zero-order valence-electron chi connectivity index (χ0n) is 14.2. The second-order valence-electron chi connectivity index (χ2n) is 6.67. The molecule has 0 fully saturated rings. The molecule has 0 bridgehead atoms. The molecule has 0 saturated heterocycles. The van der Waals surface area contributed by atoms with Gasteiger partial charge in [0.2, 0.25) is 11.8 Å². The van der Waals surface area contributed by atoms with Gasteiger partial charge >= 0.3 is 0 Å². The van der Waals surface area contributed by atoms with Crippen molar-refractivity contribution < 1.29 is 9.59 Å². The highest BCUT2D eigenvalue weighted by molar-refractivity contribution is 5.90. The highest BCUT2D eigenvalue weighted by Gasteiger charge is 2.13. The van der Waals surface area contributed by atoms with Gasteiger partial charge in [-0.3, -0.25) is 9.59 Å². The Labute approximate surface area is 133 Å². The Hall–Kier alpha value is -1.84. The van der Waals surface area contributed by atoms with E-state index in [1.54, 1.807) is 0 Å². The highest BCUT2D eigenvalue weighted by atomic mass is 16.2. The van der Waals surface area contributed by atoms with Gasteiger partial charge in [0, 0.05) is 25.6 Å². The van der Waals surface area contributed by atoms with Crippen LogP contribution in [-0.4, -0.2) is 18.4 Å². The predicted molar refractivity (Wildman–Crippen MR) is 90.9 cm³/mol. The van der Waals surface area contributed by atoms with Gasteiger partial charge in [0.25, 0.3) is 0 Å². The van der Waals surface area contributed by atoms with Gasteiger partial charge in [-0.15, -0.1) is 0 Å². The van der Waals surface area contributed by atoms with Crippen LogP contribution in [0.5, 0.6) is 0 Å². The van der Waals surface area contributed by atoms with Crippen LogP contribution in [0.15, 0.2) is 24.3 Å². The van der Waals surface area contributed by atoms with Crippen LogP contribution in [0.3, 0.4) is 0 Å². The largest absolute Gasteiger partial charge is 0.356 e. The summed E-state index contributed by atoms with van der Waals surface area (Å²) >= 11 is 0. The molecule has 1 aromatic carbocycles. The molecule has 0 saturated carbocycles. The highest BCUT2D eigenvalue weighted by Crippen LogP contribution is 2.23. The number of hydrogen-bond donors (Lipinski definition) is 2. The summed E-state index contributed by atoms with van der Waals surface area (Å²) in [7, 11) is 0. The van der Waals surface area contributed by atoms with E-state index in [4.69, 9.17) is 0 Å². The van der Waals surface area contributed by atoms with E-state index in [0.29, 0.717) is 13.0 Å². The summed E-state index contributed by atoms with van der Waals surface area (Å²) in [5.41, 5.74) is 2.22.